The summed E-state index contributed by atoms with van der Waals surface area (Å²) in [6.07, 6.45) is 0. The van der Waals surface area contributed by atoms with Gasteiger partial charge in [0.2, 0.25) is 0 Å². The summed E-state index contributed by atoms with van der Waals surface area (Å²) in [5.41, 5.74) is 0.975. The third kappa shape index (κ3) is 2.54. The average molecular weight is 384 g/mol. The molecule has 0 aromatic heterocycles. The van der Waals surface area contributed by atoms with E-state index in [-0.39, 0.29) is 16.8 Å². The number of alkyl halides is 1. The van der Waals surface area contributed by atoms with Gasteiger partial charge in [0.25, 0.3) is 5.69 Å². The molecule has 0 aliphatic heterocycles. The highest BCUT2D eigenvalue weighted by molar-refractivity contribution is 14.1. The molecule has 1 aromatic carbocycles. The van der Waals surface area contributed by atoms with Crippen LogP contribution in [0.25, 0.3) is 0 Å². The fourth-order valence-electron chi connectivity index (χ4n) is 1.17. The molecule has 4 nitrogen and oxygen atoms in total. The van der Waals surface area contributed by atoms with Crippen LogP contribution in [0.1, 0.15) is 15.9 Å². The summed E-state index contributed by atoms with van der Waals surface area (Å²) in [5, 5.41) is 11.0. The Labute approximate surface area is 108 Å². The number of ketones is 1. The van der Waals surface area contributed by atoms with E-state index in [0.717, 1.165) is 0 Å². The molecular formula is C9H7BrINO3. The minimum atomic E-state index is -0.456. The van der Waals surface area contributed by atoms with E-state index in [0.29, 0.717) is 14.7 Å². The Bertz CT molecular complexity index is 434. The first-order valence-corrected chi connectivity index (χ1v) is 6.21. The fourth-order valence-corrected chi connectivity index (χ4v) is 2.58. The van der Waals surface area contributed by atoms with E-state index in [4.69, 9.17) is 0 Å². The van der Waals surface area contributed by atoms with Gasteiger partial charge < -0.3 is 0 Å². The highest BCUT2D eigenvalue weighted by atomic mass is 127. The number of hydrogen-bond acceptors (Lipinski definition) is 3. The molecule has 0 atom stereocenters. The number of benzene rings is 1. The molecule has 0 fully saturated rings. The van der Waals surface area contributed by atoms with Crippen molar-refractivity contribution < 1.29 is 9.72 Å². The zero-order valence-electron chi connectivity index (χ0n) is 7.79. The highest BCUT2D eigenvalue weighted by Crippen LogP contribution is 2.28. The molecule has 0 saturated heterocycles. The summed E-state index contributed by atoms with van der Waals surface area (Å²) in [7, 11) is 0. The van der Waals surface area contributed by atoms with Gasteiger partial charge >= 0.3 is 0 Å². The van der Waals surface area contributed by atoms with Crippen LogP contribution < -0.4 is 0 Å². The van der Waals surface area contributed by atoms with Gasteiger partial charge in [0.05, 0.1) is 10.3 Å². The molecule has 15 heavy (non-hydrogen) atoms. The molecule has 80 valence electrons. The van der Waals surface area contributed by atoms with Crippen LogP contribution in [0.2, 0.25) is 0 Å². The molecule has 0 bridgehead atoms. The lowest BCUT2D eigenvalue weighted by Gasteiger charge is -2.04. The Morgan fingerprint density at radius 2 is 2.20 bits per heavy atom. The fraction of sp³-hybridized carbons (Fsp3) is 0.222. The summed E-state index contributed by atoms with van der Waals surface area (Å²) in [5.74, 6) is -0.150. The van der Waals surface area contributed by atoms with E-state index < -0.39 is 4.92 Å². The second-order valence-corrected chi connectivity index (χ2v) is 4.55. The average Bonchev–Trinajstić information content (AvgIpc) is 2.16. The third-order valence-electron chi connectivity index (χ3n) is 1.92. The zero-order valence-corrected chi connectivity index (χ0v) is 11.5. The van der Waals surface area contributed by atoms with Gasteiger partial charge in [-0.2, -0.15) is 0 Å². The lowest BCUT2D eigenvalue weighted by Crippen LogP contribution is -2.06. The molecule has 0 heterocycles. The van der Waals surface area contributed by atoms with Crippen LogP contribution in [-0.4, -0.2) is 16.0 Å². The van der Waals surface area contributed by atoms with Crippen molar-refractivity contribution >= 4 is 50.0 Å². The van der Waals surface area contributed by atoms with Crippen LogP contribution in [0.4, 0.5) is 5.69 Å². The number of carbonyl (C=O) groups is 1. The largest absolute Gasteiger partial charge is 0.293 e. The molecule has 0 N–H and O–H groups in total. The lowest BCUT2D eigenvalue weighted by molar-refractivity contribution is -0.386. The monoisotopic (exact) mass is 383 g/mol. The van der Waals surface area contributed by atoms with Crippen LogP contribution in [0.15, 0.2) is 12.1 Å². The van der Waals surface area contributed by atoms with Crippen molar-refractivity contribution in [1.29, 1.82) is 0 Å². The molecule has 0 aliphatic carbocycles. The Hall–Kier alpha value is -0.500. The number of aryl methyl sites for hydroxylation is 1. The summed E-state index contributed by atoms with van der Waals surface area (Å²) >= 11 is 4.88. The van der Waals surface area contributed by atoms with Crippen molar-refractivity contribution in [2.75, 3.05) is 5.33 Å². The molecule has 6 heteroatoms. The Balaban J connectivity index is 3.41. The number of hydrogen-bond donors (Lipinski definition) is 0. The van der Waals surface area contributed by atoms with Crippen LogP contribution >= 0.6 is 38.5 Å². The molecule has 0 spiro atoms. The predicted octanol–water partition coefficient (Wildman–Crippen LogP) is 3.09. The van der Waals surface area contributed by atoms with Gasteiger partial charge in [-0.1, -0.05) is 22.0 Å². The van der Waals surface area contributed by atoms with Gasteiger partial charge in [0.15, 0.2) is 5.78 Å². The molecule has 0 saturated carbocycles. The summed E-state index contributed by atoms with van der Waals surface area (Å²) in [6, 6.07) is 3.21. The molecule has 1 aromatic rings. The predicted molar refractivity (Wildman–Crippen MR) is 68.7 cm³/mol. The smallest absolute Gasteiger partial charge is 0.286 e. The topological polar surface area (TPSA) is 60.2 Å². The van der Waals surface area contributed by atoms with Crippen LogP contribution in [0.3, 0.4) is 0 Å². The second kappa shape index (κ2) is 5.02. The number of nitro benzene ring substituents is 1. The van der Waals surface area contributed by atoms with Gasteiger partial charge in [-0.3, -0.25) is 14.9 Å². The standard InChI is InChI=1S/C9H7BrINO3/c1-5-2-3-6(7(13)4-10)8(11)9(5)12(14)15/h2-3H,4H2,1H3. The first kappa shape index (κ1) is 12.6. The van der Waals surface area contributed by atoms with Crippen molar-refractivity contribution in [1.82, 2.24) is 0 Å². The number of carbonyl (C=O) groups excluding carboxylic acids is 1. The molecule has 0 radical (unpaired) electrons. The molecule has 0 amide bonds. The summed E-state index contributed by atoms with van der Waals surface area (Å²) in [4.78, 5) is 21.8. The van der Waals surface area contributed by atoms with E-state index in [1.54, 1.807) is 19.1 Å². The Morgan fingerprint density at radius 3 is 2.67 bits per heavy atom. The van der Waals surface area contributed by atoms with Crippen molar-refractivity contribution in [3.8, 4) is 0 Å². The van der Waals surface area contributed by atoms with Gasteiger partial charge in [-0.25, -0.2) is 0 Å². The number of Topliss-reactive ketones (excluding diaryl/α,β-unsaturated/α-hetero) is 1. The minimum Gasteiger partial charge on any atom is -0.293 e. The number of halogens is 2. The van der Waals surface area contributed by atoms with E-state index in [9.17, 15) is 14.9 Å². The quantitative estimate of drug-likeness (QED) is 0.265. The zero-order chi connectivity index (χ0) is 11.6. The Kier molecular flexibility index (Phi) is 4.21. The van der Waals surface area contributed by atoms with Gasteiger partial charge in [-0.15, -0.1) is 0 Å². The van der Waals surface area contributed by atoms with E-state index in [1.165, 1.54) is 0 Å². The van der Waals surface area contributed by atoms with E-state index in [2.05, 4.69) is 15.9 Å². The molecular weight excluding hydrogens is 377 g/mol. The van der Waals surface area contributed by atoms with Crippen LogP contribution in [-0.2, 0) is 0 Å². The van der Waals surface area contributed by atoms with Crippen molar-refractivity contribution in [3.63, 3.8) is 0 Å². The van der Waals surface area contributed by atoms with Gasteiger partial charge in [-0.05, 0) is 35.6 Å². The second-order valence-electron chi connectivity index (χ2n) is 2.91. The van der Waals surface area contributed by atoms with Crippen molar-refractivity contribution in [2.24, 2.45) is 0 Å². The number of rotatable bonds is 3. The molecule has 0 aliphatic rings. The minimum absolute atomic E-state index is 0.0161. The first-order chi connectivity index (χ1) is 6.99. The third-order valence-corrected chi connectivity index (χ3v) is 3.52. The lowest BCUT2D eigenvalue weighted by atomic mass is 10.1. The molecule has 0 unspecified atom stereocenters. The molecule has 1 rings (SSSR count). The maximum Gasteiger partial charge on any atom is 0.286 e. The highest BCUT2D eigenvalue weighted by Gasteiger charge is 2.21. The van der Waals surface area contributed by atoms with Gasteiger partial charge in [0.1, 0.15) is 3.57 Å². The van der Waals surface area contributed by atoms with E-state index >= 15 is 0 Å². The van der Waals surface area contributed by atoms with Crippen molar-refractivity contribution in [3.05, 3.63) is 36.9 Å². The van der Waals surface area contributed by atoms with Crippen molar-refractivity contribution in [2.45, 2.75) is 6.92 Å². The number of nitro groups is 1. The first-order valence-electron chi connectivity index (χ1n) is 4.01. The summed E-state index contributed by atoms with van der Waals surface area (Å²) < 4.78 is 0.405. The number of nitrogens with zero attached hydrogens (tertiary/aromatic N) is 1. The van der Waals surface area contributed by atoms with Crippen LogP contribution in [0.5, 0.6) is 0 Å². The van der Waals surface area contributed by atoms with Gasteiger partial charge in [0, 0.05) is 11.1 Å². The Morgan fingerprint density at radius 1 is 1.60 bits per heavy atom. The maximum atomic E-state index is 11.4. The normalized spacial score (nSPS) is 10.1. The van der Waals surface area contributed by atoms with Crippen LogP contribution in [0, 0.1) is 20.6 Å². The maximum absolute atomic E-state index is 11.4. The summed E-state index contributed by atoms with van der Waals surface area (Å²) in [6.45, 7) is 1.66. The SMILES string of the molecule is Cc1ccc(C(=O)CBr)c(I)c1[N+](=O)[O-]. The van der Waals surface area contributed by atoms with E-state index in [1.807, 2.05) is 22.6 Å².